The predicted octanol–water partition coefficient (Wildman–Crippen LogP) is 3.75. The molecule has 0 radical (unpaired) electrons. The van der Waals surface area contributed by atoms with Gasteiger partial charge in [0, 0.05) is 18.4 Å². The van der Waals surface area contributed by atoms with Crippen LogP contribution in [0.1, 0.15) is 32.1 Å². The molecular weight excluding hydrogens is 364 g/mol. The Bertz CT molecular complexity index is 941. The highest BCUT2D eigenvalue weighted by Gasteiger charge is 2.10. The molecule has 1 aromatic heterocycles. The molecule has 8 heteroatoms. The number of fused-ring (bicyclic) bond motifs is 1. The SMILES string of the molecule is O=C(CCCCCC(=O)Nc1nnc(-c2ccc3ccccc3c2)s1)NO. The van der Waals surface area contributed by atoms with Crippen LogP contribution < -0.4 is 10.8 Å². The summed E-state index contributed by atoms with van der Waals surface area (Å²) in [5.41, 5.74) is 2.56. The Morgan fingerprint density at radius 2 is 1.67 bits per heavy atom. The molecule has 0 unspecified atom stereocenters. The highest BCUT2D eigenvalue weighted by molar-refractivity contribution is 7.18. The Labute approximate surface area is 160 Å². The van der Waals surface area contributed by atoms with Crippen molar-refractivity contribution in [3.05, 3.63) is 42.5 Å². The number of carbonyl (C=O) groups is 2. The number of carbonyl (C=O) groups excluding carboxylic acids is 2. The van der Waals surface area contributed by atoms with Crippen LogP contribution in [0.5, 0.6) is 0 Å². The molecule has 3 N–H and O–H groups in total. The van der Waals surface area contributed by atoms with E-state index in [-0.39, 0.29) is 12.3 Å². The number of hydrogen-bond donors (Lipinski definition) is 3. The summed E-state index contributed by atoms with van der Waals surface area (Å²) in [5.74, 6) is -0.530. The average Bonchev–Trinajstić information content (AvgIpc) is 3.15. The van der Waals surface area contributed by atoms with E-state index in [0.29, 0.717) is 24.4 Å². The van der Waals surface area contributed by atoms with Gasteiger partial charge in [0.2, 0.25) is 16.9 Å². The first-order valence-electron chi connectivity index (χ1n) is 8.71. The smallest absolute Gasteiger partial charge is 0.243 e. The third kappa shape index (κ3) is 5.32. The molecule has 0 aliphatic carbocycles. The lowest BCUT2D eigenvalue weighted by atomic mass is 10.1. The van der Waals surface area contributed by atoms with E-state index in [2.05, 4.69) is 27.6 Å². The molecular formula is C19H20N4O3S. The summed E-state index contributed by atoms with van der Waals surface area (Å²) < 4.78 is 0. The van der Waals surface area contributed by atoms with Gasteiger partial charge in [-0.15, -0.1) is 10.2 Å². The van der Waals surface area contributed by atoms with Crippen LogP contribution in [0.3, 0.4) is 0 Å². The summed E-state index contributed by atoms with van der Waals surface area (Å²) in [5, 5.41) is 22.9. The van der Waals surface area contributed by atoms with Crippen LogP contribution in [-0.2, 0) is 9.59 Å². The maximum absolute atomic E-state index is 12.0. The van der Waals surface area contributed by atoms with Crippen LogP contribution in [-0.4, -0.2) is 27.2 Å². The Balaban J connectivity index is 1.51. The predicted molar refractivity (Wildman–Crippen MR) is 104 cm³/mol. The van der Waals surface area contributed by atoms with Crippen molar-refractivity contribution in [3.8, 4) is 10.6 Å². The van der Waals surface area contributed by atoms with Crippen LogP contribution in [0.2, 0.25) is 0 Å². The lowest BCUT2D eigenvalue weighted by Gasteiger charge is -2.01. The second-order valence-corrected chi connectivity index (χ2v) is 7.10. The summed E-state index contributed by atoms with van der Waals surface area (Å²) in [6.07, 6.45) is 2.64. The van der Waals surface area contributed by atoms with Gasteiger partial charge >= 0.3 is 0 Å². The number of anilines is 1. The highest BCUT2D eigenvalue weighted by atomic mass is 32.1. The van der Waals surface area contributed by atoms with Gasteiger partial charge in [0.15, 0.2) is 0 Å². The van der Waals surface area contributed by atoms with E-state index in [1.807, 2.05) is 30.3 Å². The topological polar surface area (TPSA) is 104 Å². The van der Waals surface area contributed by atoms with E-state index in [1.165, 1.54) is 11.3 Å². The Morgan fingerprint density at radius 1 is 0.926 bits per heavy atom. The molecule has 0 saturated heterocycles. The van der Waals surface area contributed by atoms with Crippen LogP contribution >= 0.6 is 11.3 Å². The van der Waals surface area contributed by atoms with Gasteiger partial charge in [-0.2, -0.15) is 0 Å². The van der Waals surface area contributed by atoms with Crippen LogP contribution in [0.25, 0.3) is 21.3 Å². The fourth-order valence-corrected chi connectivity index (χ4v) is 3.45. The van der Waals surface area contributed by atoms with Gasteiger partial charge in [-0.1, -0.05) is 54.2 Å². The maximum atomic E-state index is 12.0. The number of aromatic nitrogens is 2. The van der Waals surface area contributed by atoms with Crippen molar-refractivity contribution in [2.75, 3.05) is 5.32 Å². The van der Waals surface area contributed by atoms with Gasteiger partial charge in [0.25, 0.3) is 0 Å². The third-order valence-corrected chi connectivity index (χ3v) is 4.99. The average molecular weight is 384 g/mol. The molecule has 0 fully saturated rings. The van der Waals surface area contributed by atoms with Crippen LogP contribution in [0, 0.1) is 0 Å². The van der Waals surface area contributed by atoms with Gasteiger partial charge in [-0.3, -0.25) is 14.8 Å². The Kier molecular flexibility index (Phi) is 6.45. The van der Waals surface area contributed by atoms with Crippen molar-refractivity contribution in [2.45, 2.75) is 32.1 Å². The van der Waals surface area contributed by atoms with E-state index >= 15 is 0 Å². The second kappa shape index (κ2) is 9.20. The fraction of sp³-hybridized carbons (Fsp3) is 0.263. The van der Waals surface area contributed by atoms with Gasteiger partial charge in [0.1, 0.15) is 5.01 Å². The first-order chi connectivity index (χ1) is 13.2. The van der Waals surface area contributed by atoms with E-state index in [1.54, 1.807) is 5.48 Å². The van der Waals surface area contributed by atoms with Crippen molar-refractivity contribution in [1.82, 2.24) is 15.7 Å². The summed E-state index contributed by atoms with van der Waals surface area (Å²) >= 11 is 1.34. The molecule has 27 heavy (non-hydrogen) atoms. The molecule has 1 heterocycles. The molecule has 0 spiro atoms. The van der Waals surface area contributed by atoms with Crippen molar-refractivity contribution in [3.63, 3.8) is 0 Å². The monoisotopic (exact) mass is 384 g/mol. The number of benzene rings is 2. The third-order valence-electron chi connectivity index (χ3n) is 4.10. The maximum Gasteiger partial charge on any atom is 0.243 e. The summed E-state index contributed by atoms with van der Waals surface area (Å²) in [6, 6.07) is 14.2. The van der Waals surface area contributed by atoms with E-state index in [9.17, 15) is 9.59 Å². The first kappa shape index (κ1) is 18.9. The highest BCUT2D eigenvalue weighted by Crippen LogP contribution is 2.29. The van der Waals surface area contributed by atoms with E-state index < -0.39 is 5.91 Å². The molecule has 0 aliphatic heterocycles. The van der Waals surface area contributed by atoms with Crippen LogP contribution in [0.15, 0.2) is 42.5 Å². The molecule has 0 bridgehead atoms. The van der Waals surface area contributed by atoms with Gasteiger partial charge in [-0.05, 0) is 29.7 Å². The largest absolute Gasteiger partial charge is 0.301 e. The fourth-order valence-electron chi connectivity index (χ4n) is 2.70. The summed E-state index contributed by atoms with van der Waals surface area (Å²) in [6.45, 7) is 0. The second-order valence-electron chi connectivity index (χ2n) is 6.12. The van der Waals surface area contributed by atoms with Gasteiger partial charge < -0.3 is 5.32 Å². The molecule has 0 saturated carbocycles. The number of rotatable bonds is 8. The number of nitrogens with zero attached hydrogens (tertiary/aromatic N) is 2. The van der Waals surface area contributed by atoms with E-state index in [4.69, 9.17) is 5.21 Å². The lowest BCUT2D eigenvalue weighted by molar-refractivity contribution is -0.129. The lowest BCUT2D eigenvalue weighted by Crippen LogP contribution is -2.17. The van der Waals surface area contributed by atoms with E-state index in [0.717, 1.165) is 27.8 Å². The molecule has 0 atom stereocenters. The minimum Gasteiger partial charge on any atom is -0.301 e. The normalized spacial score (nSPS) is 10.7. The zero-order chi connectivity index (χ0) is 19.1. The number of amides is 2. The number of hydroxylamine groups is 1. The van der Waals surface area contributed by atoms with Crippen molar-refractivity contribution in [2.24, 2.45) is 0 Å². The van der Waals surface area contributed by atoms with Crippen LogP contribution in [0.4, 0.5) is 5.13 Å². The number of hydrogen-bond acceptors (Lipinski definition) is 6. The summed E-state index contributed by atoms with van der Waals surface area (Å²) in [7, 11) is 0. The van der Waals surface area contributed by atoms with Gasteiger partial charge in [0.05, 0.1) is 0 Å². The quantitative estimate of drug-likeness (QED) is 0.312. The zero-order valence-corrected chi connectivity index (χ0v) is 15.5. The van der Waals surface area contributed by atoms with Crippen molar-refractivity contribution >= 4 is 39.1 Å². The Hall–Kier alpha value is -2.84. The zero-order valence-electron chi connectivity index (χ0n) is 14.6. The number of nitrogens with one attached hydrogen (secondary N) is 2. The molecule has 0 aliphatic rings. The molecule has 3 aromatic rings. The summed E-state index contributed by atoms with van der Waals surface area (Å²) in [4.78, 5) is 22.9. The minimum absolute atomic E-state index is 0.122. The van der Waals surface area contributed by atoms with Gasteiger partial charge in [-0.25, -0.2) is 5.48 Å². The molecule has 3 rings (SSSR count). The molecule has 2 aromatic carbocycles. The molecule has 140 valence electrons. The first-order valence-corrected chi connectivity index (χ1v) is 9.53. The standard InChI is InChI=1S/C19H20N4O3S/c24-16(8-2-1-3-9-17(25)23-26)20-19-22-21-18(27-19)15-11-10-13-6-4-5-7-14(13)12-15/h4-7,10-12,26H,1-3,8-9H2,(H,23,25)(H,20,22,24). The van der Waals surface area contributed by atoms with Crippen molar-refractivity contribution in [1.29, 1.82) is 0 Å². The minimum atomic E-state index is -0.408. The van der Waals surface area contributed by atoms with Crippen molar-refractivity contribution < 1.29 is 14.8 Å². The Morgan fingerprint density at radius 3 is 2.44 bits per heavy atom. The molecule has 7 nitrogen and oxygen atoms in total. The number of unbranched alkanes of at least 4 members (excludes halogenated alkanes) is 2. The molecule has 2 amide bonds.